The fourth-order valence-electron chi connectivity index (χ4n) is 5.32. The van der Waals surface area contributed by atoms with E-state index in [-0.39, 0.29) is 5.60 Å². The van der Waals surface area contributed by atoms with Gasteiger partial charge in [0.2, 0.25) is 0 Å². The van der Waals surface area contributed by atoms with Crippen LogP contribution >= 0.6 is 0 Å². The van der Waals surface area contributed by atoms with E-state index < -0.39 is 0 Å². The normalized spacial score (nSPS) is 36.4. The van der Waals surface area contributed by atoms with Gasteiger partial charge in [-0.1, -0.05) is 32.6 Å². The van der Waals surface area contributed by atoms with Crippen molar-refractivity contribution in [2.24, 2.45) is 11.7 Å². The van der Waals surface area contributed by atoms with Crippen LogP contribution in [0.5, 0.6) is 0 Å². The summed E-state index contributed by atoms with van der Waals surface area (Å²) < 4.78 is 6.30. The van der Waals surface area contributed by atoms with E-state index in [9.17, 15) is 0 Å². The Kier molecular flexibility index (Phi) is 5.23. The minimum Gasteiger partial charge on any atom is -0.375 e. The van der Waals surface area contributed by atoms with Crippen LogP contribution in [0.1, 0.15) is 71.1 Å². The van der Waals surface area contributed by atoms with Crippen LogP contribution < -0.4 is 5.73 Å². The molecule has 3 unspecified atom stereocenters. The fourth-order valence-corrected chi connectivity index (χ4v) is 5.32. The molecule has 1 aliphatic heterocycles. The van der Waals surface area contributed by atoms with Gasteiger partial charge in [0.1, 0.15) is 0 Å². The second-order valence-electron chi connectivity index (χ2n) is 7.56. The molecule has 3 fully saturated rings. The van der Waals surface area contributed by atoms with Gasteiger partial charge in [-0.25, -0.2) is 0 Å². The van der Waals surface area contributed by atoms with Crippen LogP contribution in [-0.2, 0) is 4.74 Å². The largest absolute Gasteiger partial charge is 0.375 e. The standard InChI is InChI=1S/C18H34N2O/c1-2-20(17-8-6-7-15(17)14-19)16-9-12-21-18(13-16)10-4-3-5-11-18/h15-17H,2-14,19H2,1H3. The molecule has 3 rings (SSSR count). The van der Waals surface area contributed by atoms with Gasteiger partial charge >= 0.3 is 0 Å². The van der Waals surface area contributed by atoms with Crippen molar-refractivity contribution in [1.29, 1.82) is 0 Å². The fraction of sp³-hybridized carbons (Fsp3) is 1.00. The summed E-state index contributed by atoms with van der Waals surface area (Å²) in [6.07, 6.45) is 13.3. The first-order chi connectivity index (χ1) is 10.3. The number of hydrogen-bond donors (Lipinski definition) is 1. The number of rotatable bonds is 4. The molecule has 2 saturated carbocycles. The maximum absolute atomic E-state index is 6.30. The smallest absolute Gasteiger partial charge is 0.0697 e. The van der Waals surface area contributed by atoms with Crippen LogP contribution in [0, 0.1) is 5.92 Å². The lowest BCUT2D eigenvalue weighted by molar-refractivity contribution is -0.129. The van der Waals surface area contributed by atoms with Gasteiger partial charge in [0.15, 0.2) is 0 Å². The molecule has 1 spiro atoms. The zero-order chi connectivity index (χ0) is 14.7. The third-order valence-corrected chi connectivity index (χ3v) is 6.41. The van der Waals surface area contributed by atoms with Gasteiger partial charge in [0.25, 0.3) is 0 Å². The third-order valence-electron chi connectivity index (χ3n) is 6.41. The molecule has 3 heteroatoms. The Labute approximate surface area is 130 Å². The molecule has 0 radical (unpaired) electrons. The molecule has 2 aliphatic carbocycles. The van der Waals surface area contributed by atoms with Crippen molar-refractivity contribution in [3.63, 3.8) is 0 Å². The average molecular weight is 294 g/mol. The summed E-state index contributed by atoms with van der Waals surface area (Å²) in [6, 6.07) is 1.47. The summed E-state index contributed by atoms with van der Waals surface area (Å²) in [4.78, 5) is 2.81. The molecule has 21 heavy (non-hydrogen) atoms. The zero-order valence-electron chi connectivity index (χ0n) is 13.9. The summed E-state index contributed by atoms with van der Waals surface area (Å²) in [7, 11) is 0. The highest BCUT2D eigenvalue weighted by Crippen LogP contribution is 2.41. The van der Waals surface area contributed by atoms with E-state index in [1.165, 1.54) is 70.8 Å². The summed E-state index contributed by atoms with van der Waals surface area (Å²) in [5.41, 5.74) is 6.26. The van der Waals surface area contributed by atoms with Crippen molar-refractivity contribution in [2.75, 3.05) is 19.7 Å². The monoisotopic (exact) mass is 294 g/mol. The highest BCUT2D eigenvalue weighted by Gasteiger charge is 2.42. The Morgan fingerprint density at radius 3 is 2.62 bits per heavy atom. The molecule has 0 amide bonds. The molecule has 3 nitrogen and oxygen atoms in total. The summed E-state index contributed by atoms with van der Waals surface area (Å²) in [6.45, 7) is 5.37. The van der Waals surface area contributed by atoms with E-state index in [1.807, 2.05) is 0 Å². The maximum Gasteiger partial charge on any atom is 0.0697 e. The topological polar surface area (TPSA) is 38.5 Å². The van der Waals surface area contributed by atoms with E-state index in [4.69, 9.17) is 10.5 Å². The van der Waals surface area contributed by atoms with Gasteiger partial charge in [0, 0.05) is 18.7 Å². The molecule has 0 aromatic heterocycles. The summed E-state index contributed by atoms with van der Waals surface area (Å²) in [5.74, 6) is 0.732. The Morgan fingerprint density at radius 1 is 1.10 bits per heavy atom. The van der Waals surface area contributed by atoms with E-state index in [1.54, 1.807) is 0 Å². The SMILES string of the molecule is CCN(C1CCOC2(CCCCC2)C1)C1CCCC1CN. The number of nitrogens with zero attached hydrogens (tertiary/aromatic N) is 1. The Morgan fingerprint density at radius 2 is 1.90 bits per heavy atom. The minimum atomic E-state index is 0.228. The molecule has 0 bridgehead atoms. The Bertz CT molecular complexity index is 322. The van der Waals surface area contributed by atoms with Gasteiger partial charge in [-0.05, 0) is 57.5 Å². The van der Waals surface area contributed by atoms with Gasteiger partial charge in [0.05, 0.1) is 5.60 Å². The molecule has 0 aromatic rings. The minimum absolute atomic E-state index is 0.228. The summed E-state index contributed by atoms with van der Waals surface area (Å²) in [5, 5.41) is 0. The predicted octanol–water partition coefficient (Wildman–Crippen LogP) is 3.32. The molecular formula is C18H34N2O. The molecule has 3 aliphatic rings. The van der Waals surface area contributed by atoms with Crippen molar-refractivity contribution >= 4 is 0 Å². The highest BCUT2D eigenvalue weighted by atomic mass is 16.5. The van der Waals surface area contributed by atoms with Gasteiger partial charge in [-0.3, -0.25) is 4.90 Å². The first-order valence-corrected chi connectivity index (χ1v) is 9.38. The van der Waals surface area contributed by atoms with Crippen molar-refractivity contribution < 1.29 is 4.74 Å². The van der Waals surface area contributed by atoms with Crippen LogP contribution in [0.25, 0.3) is 0 Å². The van der Waals surface area contributed by atoms with Crippen LogP contribution in [0.2, 0.25) is 0 Å². The first-order valence-electron chi connectivity index (χ1n) is 9.38. The molecule has 1 saturated heterocycles. The molecule has 1 heterocycles. The lowest BCUT2D eigenvalue weighted by atomic mass is 9.77. The van der Waals surface area contributed by atoms with Crippen LogP contribution in [0.15, 0.2) is 0 Å². The first kappa shape index (κ1) is 15.8. The summed E-state index contributed by atoms with van der Waals surface area (Å²) >= 11 is 0. The van der Waals surface area contributed by atoms with E-state index in [2.05, 4.69) is 11.8 Å². The van der Waals surface area contributed by atoms with Gasteiger partial charge in [-0.15, -0.1) is 0 Å². The zero-order valence-corrected chi connectivity index (χ0v) is 13.9. The van der Waals surface area contributed by atoms with Crippen molar-refractivity contribution in [1.82, 2.24) is 4.90 Å². The number of ether oxygens (including phenoxy) is 1. The third kappa shape index (κ3) is 3.30. The van der Waals surface area contributed by atoms with E-state index in [0.717, 1.165) is 31.2 Å². The lowest BCUT2D eigenvalue weighted by Crippen LogP contribution is -2.53. The van der Waals surface area contributed by atoms with Crippen molar-refractivity contribution in [3.05, 3.63) is 0 Å². The predicted molar refractivity (Wildman–Crippen MR) is 87.4 cm³/mol. The average Bonchev–Trinajstić information content (AvgIpc) is 2.97. The van der Waals surface area contributed by atoms with Crippen LogP contribution in [-0.4, -0.2) is 42.3 Å². The lowest BCUT2D eigenvalue weighted by Gasteiger charge is -2.48. The van der Waals surface area contributed by atoms with Crippen molar-refractivity contribution in [3.8, 4) is 0 Å². The van der Waals surface area contributed by atoms with Gasteiger partial charge < -0.3 is 10.5 Å². The number of nitrogens with two attached hydrogens (primary N) is 1. The van der Waals surface area contributed by atoms with E-state index in [0.29, 0.717) is 0 Å². The molecule has 122 valence electrons. The second-order valence-corrected chi connectivity index (χ2v) is 7.56. The molecular weight excluding hydrogens is 260 g/mol. The van der Waals surface area contributed by atoms with Gasteiger partial charge in [-0.2, -0.15) is 0 Å². The number of hydrogen-bond acceptors (Lipinski definition) is 3. The van der Waals surface area contributed by atoms with E-state index >= 15 is 0 Å². The molecule has 0 aromatic carbocycles. The Hall–Kier alpha value is -0.120. The Balaban J connectivity index is 1.68. The van der Waals surface area contributed by atoms with Crippen LogP contribution in [0.3, 0.4) is 0 Å². The highest BCUT2D eigenvalue weighted by molar-refractivity contribution is 4.96. The van der Waals surface area contributed by atoms with Crippen molar-refractivity contribution in [2.45, 2.75) is 88.8 Å². The maximum atomic E-state index is 6.30. The second kappa shape index (κ2) is 6.97. The molecule has 3 atom stereocenters. The van der Waals surface area contributed by atoms with Crippen LogP contribution in [0.4, 0.5) is 0 Å². The molecule has 2 N–H and O–H groups in total. The quantitative estimate of drug-likeness (QED) is 0.864.